The number of anilines is 1. The van der Waals surface area contributed by atoms with Crippen LogP contribution in [0.15, 0.2) is 91.1 Å². The van der Waals surface area contributed by atoms with Gasteiger partial charge in [0.15, 0.2) is 5.65 Å². The van der Waals surface area contributed by atoms with Crippen molar-refractivity contribution >= 4 is 42.3 Å². The first-order valence-corrected chi connectivity index (χ1v) is 13.1. The maximum absolute atomic E-state index is 12.8. The van der Waals surface area contributed by atoms with E-state index in [9.17, 15) is 4.79 Å². The molecule has 0 spiro atoms. The molecule has 1 amide bonds. The minimum atomic E-state index is 0.104. The minimum Gasteiger partial charge on any atom is -0.370 e. The highest BCUT2D eigenvalue weighted by Gasteiger charge is 2.13. The van der Waals surface area contributed by atoms with Crippen molar-refractivity contribution in [3.05, 3.63) is 102 Å². The predicted octanol–water partition coefficient (Wildman–Crippen LogP) is 4.48. The Labute approximate surface area is 228 Å². The van der Waals surface area contributed by atoms with Crippen LogP contribution in [0.1, 0.15) is 12.0 Å². The Balaban J connectivity index is 1.18. The van der Waals surface area contributed by atoms with Crippen LogP contribution in [0.5, 0.6) is 0 Å². The summed E-state index contributed by atoms with van der Waals surface area (Å²) in [5.41, 5.74) is 6.78. The van der Waals surface area contributed by atoms with Crippen LogP contribution in [0, 0.1) is 0 Å². The van der Waals surface area contributed by atoms with Crippen LogP contribution in [-0.2, 0) is 11.2 Å². The van der Waals surface area contributed by atoms with Gasteiger partial charge in [0.25, 0.3) is 0 Å². The second kappa shape index (κ2) is 11.5. The van der Waals surface area contributed by atoms with Crippen LogP contribution >= 0.6 is 11.6 Å². The third-order valence-electron chi connectivity index (χ3n) is 6.62. The summed E-state index contributed by atoms with van der Waals surface area (Å²) in [5, 5.41) is 8.61. The third-order valence-corrected chi connectivity index (χ3v) is 6.95. The number of nitrogens with one attached hydrogen (secondary N) is 1. The fourth-order valence-electron chi connectivity index (χ4n) is 4.42. The number of fused-ring (bicyclic) bond motifs is 1. The van der Waals surface area contributed by atoms with E-state index < -0.39 is 0 Å². The molecule has 38 heavy (non-hydrogen) atoms. The molecular formula is C30H29BClN5O. The Morgan fingerprint density at radius 3 is 2.47 bits per heavy atom. The molecule has 190 valence electrons. The standard InChI is InChI=1S/C30H29BClN5O/c1-36(29(38)18-21-12-14-23(15-13-21)22-8-3-2-4-9-22)17-7-16-33-28-19-27(24-10-5-6-11-26(24)32)35-30-25(31)20-34-37(28)30/h2-6,8-15,19-20,33H,7,16-18,31H2,1H3. The molecule has 0 unspecified atom stereocenters. The summed E-state index contributed by atoms with van der Waals surface area (Å²) in [6.45, 7) is 1.33. The van der Waals surface area contributed by atoms with Gasteiger partial charge in [-0.25, -0.2) is 4.98 Å². The average molecular weight is 522 g/mol. The number of carbonyl (C=O) groups is 1. The smallest absolute Gasteiger partial charge is 0.226 e. The van der Waals surface area contributed by atoms with Gasteiger partial charge in [0.05, 0.1) is 12.1 Å². The molecule has 3 aromatic carbocycles. The number of rotatable bonds is 9. The number of hydrogen-bond donors (Lipinski definition) is 1. The Morgan fingerprint density at radius 2 is 1.71 bits per heavy atom. The molecule has 0 aliphatic carbocycles. The fourth-order valence-corrected chi connectivity index (χ4v) is 4.65. The third kappa shape index (κ3) is 5.73. The van der Waals surface area contributed by atoms with Gasteiger partial charge in [-0.3, -0.25) is 4.79 Å². The number of likely N-dealkylation sites (N-methyl/N-ethyl adjacent to an activating group) is 1. The van der Waals surface area contributed by atoms with Crippen LogP contribution in [0.4, 0.5) is 5.82 Å². The summed E-state index contributed by atoms with van der Waals surface area (Å²) in [6, 6.07) is 28.1. The van der Waals surface area contributed by atoms with Crippen molar-refractivity contribution in [3.63, 3.8) is 0 Å². The van der Waals surface area contributed by atoms with Crippen molar-refractivity contribution in [1.29, 1.82) is 0 Å². The molecule has 1 N–H and O–H groups in total. The summed E-state index contributed by atoms with van der Waals surface area (Å²) in [4.78, 5) is 19.4. The van der Waals surface area contributed by atoms with Crippen LogP contribution < -0.4 is 10.8 Å². The van der Waals surface area contributed by atoms with Crippen molar-refractivity contribution in [2.45, 2.75) is 12.8 Å². The molecule has 8 heteroatoms. The lowest BCUT2D eigenvalue weighted by Gasteiger charge is -2.18. The second-order valence-electron chi connectivity index (χ2n) is 9.40. The molecule has 0 saturated heterocycles. The zero-order valence-corrected chi connectivity index (χ0v) is 22.3. The van der Waals surface area contributed by atoms with E-state index in [0.29, 0.717) is 24.5 Å². The van der Waals surface area contributed by atoms with Gasteiger partial charge in [-0.2, -0.15) is 9.61 Å². The van der Waals surface area contributed by atoms with Gasteiger partial charge in [0.1, 0.15) is 13.7 Å². The zero-order valence-electron chi connectivity index (χ0n) is 21.6. The monoisotopic (exact) mass is 521 g/mol. The molecule has 0 aliphatic heterocycles. The van der Waals surface area contributed by atoms with Gasteiger partial charge in [-0.1, -0.05) is 84.4 Å². The van der Waals surface area contributed by atoms with E-state index >= 15 is 0 Å². The lowest BCUT2D eigenvalue weighted by Crippen LogP contribution is -2.30. The van der Waals surface area contributed by atoms with Gasteiger partial charge in [-0.05, 0) is 34.6 Å². The first-order valence-electron chi connectivity index (χ1n) is 12.7. The van der Waals surface area contributed by atoms with E-state index in [1.165, 1.54) is 5.56 Å². The van der Waals surface area contributed by atoms with Gasteiger partial charge >= 0.3 is 0 Å². The molecule has 0 atom stereocenters. The fraction of sp³-hybridized carbons (Fsp3) is 0.167. The molecule has 5 rings (SSSR count). The second-order valence-corrected chi connectivity index (χ2v) is 9.81. The Hall–Kier alpha value is -4.10. The van der Waals surface area contributed by atoms with E-state index in [1.807, 2.05) is 86.3 Å². The topological polar surface area (TPSA) is 62.5 Å². The quantitative estimate of drug-likeness (QED) is 0.229. The number of hydrogen-bond acceptors (Lipinski definition) is 4. The largest absolute Gasteiger partial charge is 0.370 e. The van der Waals surface area contributed by atoms with Crippen LogP contribution in [0.2, 0.25) is 5.02 Å². The Bertz CT molecular complexity index is 1550. The Morgan fingerprint density at radius 1 is 1.00 bits per heavy atom. The van der Waals surface area contributed by atoms with Gasteiger partial charge in [-0.15, -0.1) is 0 Å². The molecular weight excluding hydrogens is 493 g/mol. The van der Waals surface area contributed by atoms with Crippen molar-refractivity contribution in [2.75, 3.05) is 25.5 Å². The number of aromatic nitrogens is 3. The maximum atomic E-state index is 12.8. The van der Waals surface area contributed by atoms with E-state index in [2.05, 4.69) is 34.7 Å². The maximum Gasteiger partial charge on any atom is 0.226 e. The average Bonchev–Trinajstić information content (AvgIpc) is 3.32. The molecule has 6 nitrogen and oxygen atoms in total. The lowest BCUT2D eigenvalue weighted by molar-refractivity contribution is -0.129. The highest BCUT2D eigenvalue weighted by molar-refractivity contribution is 6.36. The van der Waals surface area contributed by atoms with Gasteiger partial charge in [0, 0.05) is 43.0 Å². The molecule has 0 radical (unpaired) electrons. The highest BCUT2D eigenvalue weighted by Crippen LogP contribution is 2.28. The molecule has 2 aromatic heterocycles. The van der Waals surface area contributed by atoms with Crippen LogP contribution in [-0.4, -0.2) is 53.4 Å². The lowest BCUT2D eigenvalue weighted by atomic mass is 10.0. The summed E-state index contributed by atoms with van der Waals surface area (Å²) in [7, 11) is 3.85. The van der Waals surface area contributed by atoms with Crippen molar-refractivity contribution < 1.29 is 4.79 Å². The summed E-state index contributed by atoms with van der Waals surface area (Å²) < 4.78 is 1.81. The van der Waals surface area contributed by atoms with Crippen molar-refractivity contribution in [2.24, 2.45) is 0 Å². The molecule has 0 saturated carbocycles. The normalized spacial score (nSPS) is 11.0. The van der Waals surface area contributed by atoms with Gasteiger partial charge < -0.3 is 10.2 Å². The SMILES string of the molecule is Bc1cnn2c(NCCCN(C)C(=O)Cc3ccc(-c4ccccc4)cc3)cc(-c3ccccc3Cl)nc12. The summed E-state index contributed by atoms with van der Waals surface area (Å²) in [6.07, 6.45) is 2.99. The van der Waals surface area contributed by atoms with E-state index in [-0.39, 0.29) is 5.91 Å². The zero-order chi connectivity index (χ0) is 26.5. The summed E-state index contributed by atoms with van der Waals surface area (Å²) >= 11 is 6.44. The molecule has 0 aliphatic rings. The van der Waals surface area contributed by atoms with Crippen molar-refractivity contribution in [3.8, 4) is 22.4 Å². The first kappa shape index (κ1) is 25.6. The van der Waals surface area contributed by atoms with E-state index in [1.54, 1.807) is 4.90 Å². The number of carbonyl (C=O) groups excluding carboxylic acids is 1. The molecule has 2 heterocycles. The Kier molecular flexibility index (Phi) is 7.75. The number of halogens is 1. The highest BCUT2D eigenvalue weighted by atomic mass is 35.5. The van der Waals surface area contributed by atoms with E-state index in [0.717, 1.165) is 45.7 Å². The minimum absolute atomic E-state index is 0.104. The molecule has 0 bridgehead atoms. The number of amides is 1. The number of benzene rings is 3. The summed E-state index contributed by atoms with van der Waals surface area (Å²) in [5.74, 6) is 0.943. The van der Waals surface area contributed by atoms with Crippen LogP contribution in [0.25, 0.3) is 28.0 Å². The first-order chi connectivity index (χ1) is 18.5. The van der Waals surface area contributed by atoms with Gasteiger partial charge in [0.2, 0.25) is 5.91 Å². The molecule has 0 fully saturated rings. The van der Waals surface area contributed by atoms with E-state index in [4.69, 9.17) is 16.6 Å². The predicted molar refractivity (Wildman–Crippen MR) is 158 cm³/mol. The molecule has 5 aromatic rings. The number of nitrogens with zero attached hydrogens (tertiary/aromatic N) is 4. The van der Waals surface area contributed by atoms with Crippen LogP contribution in [0.3, 0.4) is 0 Å². The van der Waals surface area contributed by atoms with Crippen molar-refractivity contribution in [1.82, 2.24) is 19.5 Å².